The molecule has 2 aromatic heterocycles. The Morgan fingerprint density at radius 3 is 2.84 bits per heavy atom. The zero-order valence-electron chi connectivity index (χ0n) is 13.6. The number of pyridine rings is 1. The number of nitrogens with one attached hydrogen (secondary N) is 1. The van der Waals surface area contributed by atoms with E-state index in [2.05, 4.69) is 47.8 Å². The molecule has 0 spiro atoms. The molecular formula is C16H15BrN6OS. The summed E-state index contributed by atoms with van der Waals surface area (Å²) < 4.78 is 2.50. The van der Waals surface area contributed by atoms with Crippen LogP contribution in [0.3, 0.4) is 0 Å². The van der Waals surface area contributed by atoms with E-state index in [1.165, 1.54) is 17.3 Å². The van der Waals surface area contributed by atoms with Crippen LogP contribution in [0.2, 0.25) is 0 Å². The van der Waals surface area contributed by atoms with Crippen LogP contribution in [0.4, 0.5) is 5.82 Å². The minimum atomic E-state index is -0.171. The Balaban J connectivity index is 1.67. The Bertz CT molecular complexity index is 896. The number of carbonyl (C=O) groups excluding carboxylic acids is 1. The topological polar surface area (TPSA) is 85.6 Å². The van der Waals surface area contributed by atoms with E-state index in [1.807, 2.05) is 32.0 Å². The van der Waals surface area contributed by atoms with Crippen molar-refractivity contribution in [3.8, 4) is 5.69 Å². The Morgan fingerprint density at radius 2 is 2.12 bits per heavy atom. The van der Waals surface area contributed by atoms with Crippen LogP contribution in [0.1, 0.15) is 11.1 Å². The van der Waals surface area contributed by atoms with Gasteiger partial charge in [0, 0.05) is 10.7 Å². The van der Waals surface area contributed by atoms with Crippen LogP contribution in [-0.2, 0) is 4.79 Å². The maximum Gasteiger partial charge on any atom is 0.236 e. The molecule has 1 N–H and O–H groups in total. The Kier molecular flexibility index (Phi) is 5.44. The van der Waals surface area contributed by atoms with E-state index in [9.17, 15) is 4.79 Å². The summed E-state index contributed by atoms with van der Waals surface area (Å²) in [5.41, 5.74) is 3.13. The molecule has 3 aromatic rings. The number of nitrogens with zero attached hydrogens (tertiary/aromatic N) is 5. The average molecular weight is 419 g/mol. The molecule has 0 aliphatic rings. The fourth-order valence-corrected chi connectivity index (χ4v) is 3.14. The van der Waals surface area contributed by atoms with E-state index in [-0.39, 0.29) is 11.7 Å². The molecule has 0 aliphatic heterocycles. The lowest BCUT2D eigenvalue weighted by molar-refractivity contribution is -0.113. The van der Waals surface area contributed by atoms with Gasteiger partial charge in [-0.25, -0.2) is 4.98 Å². The van der Waals surface area contributed by atoms with Crippen molar-refractivity contribution in [2.24, 2.45) is 0 Å². The number of amides is 1. The third kappa shape index (κ3) is 4.43. The first-order chi connectivity index (χ1) is 12.0. The summed E-state index contributed by atoms with van der Waals surface area (Å²) in [6, 6.07) is 9.58. The number of thioether (sulfide) groups is 1. The van der Waals surface area contributed by atoms with Crippen molar-refractivity contribution in [2.75, 3.05) is 11.1 Å². The number of rotatable bonds is 5. The molecule has 0 unspecified atom stereocenters. The predicted octanol–water partition coefficient (Wildman–Crippen LogP) is 3.17. The summed E-state index contributed by atoms with van der Waals surface area (Å²) in [6.45, 7) is 4.04. The minimum Gasteiger partial charge on any atom is -0.310 e. The normalized spacial score (nSPS) is 10.7. The van der Waals surface area contributed by atoms with Gasteiger partial charge in [-0.3, -0.25) is 4.79 Å². The molecule has 0 bridgehead atoms. The molecule has 0 saturated heterocycles. The summed E-state index contributed by atoms with van der Waals surface area (Å²) in [5.74, 6) is 0.515. The van der Waals surface area contributed by atoms with Crippen LogP contribution in [-0.4, -0.2) is 36.9 Å². The average Bonchev–Trinajstić information content (AvgIpc) is 3.03. The van der Waals surface area contributed by atoms with Crippen molar-refractivity contribution in [1.82, 2.24) is 25.2 Å². The molecule has 2 heterocycles. The van der Waals surface area contributed by atoms with Crippen molar-refractivity contribution in [3.63, 3.8) is 0 Å². The van der Waals surface area contributed by atoms with Crippen molar-refractivity contribution < 1.29 is 4.79 Å². The number of anilines is 1. The van der Waals surface area contributed by atoms with Gasteiger partial charge in [-0.2, -0.15) is 4.68 Å². The highest BCUT2D eigenvalue weighted by Gasteiger charge is 2.13. The quantitative estimate of drug-likeness (QED) is 0.640. The molecule has 9 heteroatoms. The molecule has 128 valence electrons. The number of halogens is 1. The molecule has 3 rings (SSSR count). The van der Waals surface area contributed by atoms with Gasteiger partial charge < -0.3 is 5.32 Å². The van der Waals surface area contributed by atoms with Crippen LogP contribution in [0.15, 0.2) is 46.2 Å². The molecule has 1 amide bonds. The molecule has 0 fully saturated rings. The van der Waals surface area contributed by atoms with Gasteiger partial charge in [-0.15, -0.1) is 5.10 Å². The second-order valence-electron chi connectivity index (χ2n) is 5.36. The fraction of sp³-hybridized carbons (Fsp3) is 0.188. The van der Waals surface area contributed by atoms with E-state index < -0.39 is 0 Å². The van der Waals surface area contributed by atoms with E-state index in [0.29, 0.717) is 11.0 Å². The molecule has 0 saturated carbocycles. The van der Waals surface area contributed by atoms with Gasteiger partial charge in [0.1, 0.15) is 5.82 Å². The number of aromatic nitrogens is 5. The van der Waals surface area contributed by atoms with Crippen LogP contribution < -0.4 is 5.32 Å². The lowest BCUT2D eigenvalue weighted by Gasteiger charge is -2.08. The number of hydrogen-bond donors (Lipinski definition) is 1. The fourth-order valence-electron chi connectivity index (χ4n) is 2.22. The van der Waals surface area contributed by atoms with E-state index in [1.54, 1.807) is 16.9 Å². The van der Waals surface area contributed by atoms with Crippen molar-refractivity contribution in [2.45, 2.75) is 19.0 Å². The van der Waals surface area contributed by atoms with Crippen molar-refractivity contribution in [3.05, 3.63) is 52.1 Å². The minimum absolute atomic E-state index is 0.171. The number of hydrogen-bond acceptors (Lipinski definition) is 6. The maximum absolute atomic E-state index is 12.1. The van der Waals surface area contributed by atoms with Crippen LogP contribution in [0, 0.1) is 13.8 Å². The molecular weight excluding hydrogens is 404 g/mol. The van der Waals surface area contributed by atoms with Gasteiger partial charge in [0.05, 0.1) is 11.4 Å². The zero-order valence-corrected chi connectivity index (χ0v) is 16.0. The van der Waals surface area contributed by atoms with Gasteiger partial charge >= 0.3 is 0 Å². The molecule has 1 aromatic carbocycles. The second kappa shape index (κ2) is 7.75. The van der Waals surface area contributed by atoms with Gasteiger partial charge in [-0.05, 0) is 64.0 Å². The standard InChI is InChI=1S/C16H15BrN6OS/c1-10-3-5-13(11(2)7-10)23-16(20-21-22-23)25-9-15(24)19-14-6-4-12(17)8-18-14/h3-8H,9H2,1-2H3,(H,18,19,24). The molecule has 0 atom stereocenters. The third-order valence-electron chi connectivity index (χ3n) is 3.35. The van der Waals surface area contributed by atoms with Gasteiger partial charge in [0.15, 0.2) is 0 Å². The monoisotopic (exact) mass is 418 g/mol. The van der Waals surface area contributed by atoms with Gasteiger partial charge in [0.2, 0.25) is 11.1 Å². The van der Waals surface area contributed by atoms with Gasteiger partial charge in [0.25, 0.3) is 0 Å². The molecule has 25 heavy (non-hydrogen) atoms. The van der Waals surface area contributed by atoms with Crippen LogP contribution in [0.25, 0.3) is 5.69 Å². The Labute approximate surface area is 157 Å². The van der Waals surface area contributed by atoms with E-state index in [4.69, 9.17) is 0 Å². The summed E-state index contributed by atoms with van der Waals surface area (Å²) in [4.78, 5) is 16.2. The maximum atomic E-state index is 12.1. The largest absolute Gasteiger partial charge is 0.310 e. The molecule has 7 nitrogen and oxygen atoms in total. The van der Waals surface area contributed by atoms with Crippen LogP contribution >= 0.6 is 27.7 Å². The number of aryl methyl sites for hydroxylation is 2. The van der Waals surface area contributed by atoms with Gasteiger partial charge in [-0.1, -0.05) is 29.5 Å². The summed E-state index contributed by atoms with van der Waals surface area (Å²) in [6.07, 6.45) is 1.63. The first kappa shape index (κ1) is 17.6. The number of benzene rings is 1. The highest BCUT2D eigenvalue weighted by Crippen LogP contribution is 2.21. The second-order valence-corrected chi connectivity index (χ2v) is 7.22. The third-order valence-corrected chi connectivity index (χ3v) is 4.74. The van der Waals surface area contributed by atoms with Crippen LogP contribution in [0.5, 0.6) is 0 Å². The summed E-state index contributed by atoms with van der Waals surface area (Å²) in [7, 11) is 0. The Hall–Kier alpha value is -2.26. The first-order valence-corrected chi connectivity index (χ1v) is 9.21. The van der Waals surface area contributed by atoms with Crippen molar-refractivity contribution in [1.29, 1.82) is 0 Å². The Morgan fingerprint density at radius 1 is 1.28 bits per heavy atom. The lowest BCUT2D eigenvalue weighted by atomic mass is 10.1. The highest BCUT2D eigenvalue weighted by molar-refractivity contribution is 9.10. The summed E-state index contributed by atoms with van der Waals surface area (Å²) in [5, 5.41) is 15.1. The highest BCUT2D eigenvalue weighted by atomic mass is 79.9. The zero-order chi connectivity index (χ0) is 17.8. The summed E-state index contributed by atoms with van der Waals surface area (Å²) >= 11 is 4.57. The first-order valence-electron chi connectivity index (χ1n) is 7.43. The SMILES string of the molecule is Cc1ccc(-n2nnnc2SCC(=O)Nc2ccc(Br)cn2)c(C)c1. The van der Waals surface area contributed by atoms with E-state index in [0.717, 1.165) is 15.7 Å². The molecule has 0 aliphatic carbocycles. The number of tetrazole rings is 1. The van der Waals surface area contributed by atoms with E-state index >= 15 is 0 Å². The van der Waals surface area contributed by atoms with Crippen molar-refractivity contribution >= 4 is 39.4 Å². The number of carbonyl (C=O) groups is 1. The smallest absolute Gasteiger partial charge is 0.236 e. The lowest BCUT2D eigenvalue weighted by Crippen LogP contribution is -2.15. The predicted molar refractivity (Wildman–Crippen MR) is 99.9 cm³/mol. The molecule has 0 radical (unpaired) electrons.